The molecule has 1 aliphatic heterocycles. The summed E-state index contributed by atoms with van der Waals surface area (Å²) >= 11 is 0. The van der Waals surface area contributed by atoms with Crippen LogP contribution in [0.15, 0.2) is 35.3 Å². The molecule has 8 nitrogen and oxygen atoms in total. The molecule has 1 aliphatic rings. The molecule has 30 heavy (non-hydrogen) atoms. The standard InChI is InChI=1S/C22H32N6O2/c1-5-30-22(29)28-12-10-17(11-13-28)25-21(23-2)24-15-16-14-20(27(3)4)26-19-9-7-6-8-18(16)19/h6-9,14,17H,5,10-13,15H2,1-4H3,(H2,23,24,25). The zero-order valence-corrected chi connectivity index (χ0v) is 18.3. The average molecular weight is 413 g/mol. The Bertz CT molecular complexity index is 890. The van der Waals surface area contributed by atoms with Crippen molar-refractivity contribution >= 4 is 28.8 Å². The third kappa shape index (κ3) is 5.31. The van der Waals surface area contributed by atoms with E-state index in [2.05, 4.69) is 27.8 Å². The number of aliphatic imine (C=N–C) groups is 1. The molecule has 162 valence electrons. The Hall–Kier alpha value is -3.03. The lowest BCUT2D eigenvalue weighted by Gasteiger charge is -2.32. The van der Waals surface area contributed by atoms with Crippen LogP contribution < -0.4 is 15.5 Å². The van der Waals surface area contributed by atoms with Gasteiger partial charge in [-0.3, -0.25) is 4.99 Å². The molecule has 0 aliphatic carbocycles. The van der Waals surface area contributed by atoms with Gasteiger partial charge in [-0.05, 0) is 37.5 Å². The number of benzene rings is 1. The van der Waals surface area contributed by atoms with Crippen molar-refractivity contribution in [3.8, 4) is 0 Å². The zero-order chi connectivity index (χ0) is 21.5. The van der Waals surface area contributed by atoms with Crippen molar-refractivity contribution in [2.45, 2.75) is 32.4 Å². The van der Waals surface area contributed by atoms with Crippen molar-refractivity contribution in [1.82, 2.24) is 20.5 Å². The number of rotatable bonds is 5. The van der Waals surface area contributed by atoms with Crippen LogP contribution in [0.1, 0.15) is 25.3 Å². The Morgan fingerprint density at radius 2 is 2.03 bits per heavy atom. The van der Waals surface area contributed by atoms with E-state index >= 15 is 0 Å². The summed E-state index contributed by atoms with van der Waals surface area (Å²) in [6.07, 6.45) is 1.50. The number of anilines is 1. The minimum absolute atomic E-state index is 0.222. The predicted octanol–water partition coefficient (Wildman–Crippen LogP) is 2.59. The first-order valence-electron chi connectivity index (χ1n) is 10.5. The van der Waals surface area contributed by atoms with Gasteiger partial charge in [-0.1, -0.05) is 18.2 Å². The van der Waals surface area contributed by atoms with E-state index in [4.69, 9.17) is 9.72 Å². The first kappa shape index (κ1) is 21.7. The van der Waals surface area contributed by atoms with Gasteiger partial charge in [0, 0.05) is 52.2 Å². The lowest BCUT2D eigenvalue weighted by Crippen LogP contribution is -2.49. The summed E-state index contributed by atoms with van der Waals surface area (Å²) in [5.41, 5.74) is 2.15. The molecule has 2 heterocycles. The van der Waals surface area contributed by atoms with Crippen molar-refractivity contribution in [3.63, 3.8) is 0 Å². The van der Waals surface area contributed by atoms with Crippen LogP contribution in [0.3, 0.4) is 0 Å². The Balaban J connectivity index is 1.61. The molecule has 0 radical (unpaired) electrons. The van der Waals surface area contributed by atoms with E-state index in [0.717, 1.165) is 35.5 Å². The first-order valence-corrected chi connectivity index (χ1v) is 10.5. The Kier molecular flexibility index (Phi) is 7.32. The molecule has 2 N–H and O–H groups in total. The smallest absolute Gasteiger partial charge is 0.409 e. The van der Waals surface area contributed by atoms with Gasteiger partial charge in [-0.2, -0.15) is 0 Å². The average Bonchev–Trinajstić information content (AvgIpc) is 2.76. The monoisotopic (exact) mass is 412 g/mol. The summed E-state index contributed by atoms with van der Waals surface area (Å²) in [6, 6.07) is 10.6. The fourth-order valence-electron chi connectivity index (χ4n) is 3.60. The van der Waals surface area contributed by atoms with Gasteiger partial charge >= 0.3 is 6.09 Å². The molecule has 1 aromatic carbocycles. The maximum Gasteiger partial charge on any atom is 0.409 e. The highest BCUT2D eigenvalue weighted by molar-refractivity contribution is 5.85. The Morgan fingerprint density at radius 1 is 1.30 bits per heavy atom. The first-order chi connectivity index (χ1) is 14.5. The highest BCUT2D eigenvalue weighted by atomic mass is 16.6. The number of para-hydroxylation sites is 1. The van der Waals surface area contributed by atoms with Gasteiger partial charge in [0.2, 0.25) is 0 Å². The fraction of sp³-hybridized carbons (Fsp3) is 0.500. The molecule has 0 unspecified atom stereocenters. The number of fused-ring (bicyclic) bond motifs is 1. The van der Waals surface area contributed by atoms with Crippen LogP contribution in [0.2, 0.25) is 0 Å². The summed E-state index contributed by atoms with van der Waals surface area (Å²) in [6.45, 7) is 4.26. The number of piperidine rings is 1. The fourth-order valence-corrected chi connectivity index (χ4v) is 3.60. The molecule has 0 atom stereocenters. The number of nitrogens with zero attached hydrogens (tertiary/aromatic N) is 4. The van der Waals surface area contributed by atoms with E-state index in [1.165, 1.54) is 5.56 Å². The summed E-state index contributed by atoms with van der Waals surface area (Å²) < 4.78 is 5.09. The number of aromatic nitrogens is 1. The minimum atomic E-state index is -0.222. The minimum Gasteiger partial charge on any atom is -0.450 e. The van der Waals surface area contributed by atoms with Gasteiger partial charge in [0.15, 0.2) is 5.96 Å². The third-order valence-corrected chi connectivity index (χ3v) is 5.28. The van der Waals surface area contributed by atoms with Gasteiger partial charge in [0.1, 0.15) is 5.82 Å². The molecule has 0 bridgehead atoms. The third-order valence-electron chi connectivity index (χ3n) is 5.28. The molecule has 0 spiro atoms. The number of ether oxygens (including phenoxy) is 1. The summed E-state index contributed by atoms with van der Waals surface area (Å²) in [5, 5.41) is 8.05. The number of carbonyl (C=O) groups excluding carboxylic acids is 1. The lowest BCUT2D eigenvalue weighted by atomic mass is 10.1. The van der Waals surface area contributed by atoms with Crippen LogP contribution >= 0.6 is 0 Å². The Morgan fingerprint density at radius 3 is 2.70 bits per heavy atom. The van der Waals surface area contributed by atoms with Crippen molar-refractivity contribution in [1.29, 1.82) is 0 Å². The zero-order valence-electron chi connectivity index (χ0n) is 18.3. The molecule has 1 amide bonds. The molecule has 0 saturated carbocycles. The largest absolute Gasteiger partial charge is 0.450 e. The van der Waals surface area contributed by atoms with E-state index in [-0.39, 0.29) is 12.1 Å². The molecule has 8 heteroatoms. The normalized spacial score (nSPS) is 15.2. The van der Waals surface area contributed by atoms with Gasteiger partial charge in [-0.15, -0.1) is 0 Å². The molecule has 1 aromatic heterocycles. The van der Waals surface area contributed by atoms with E-state index in [1.807, 2.05) is 44.1 Å². The van der Waals surface area contributed by atoms with E-state index in [9.17, 15) is 4.79 Å². The number of likely N-dealkylation sites (tertiary alicyclic amines) is 1. The van der Waals surface area contributed by atoms with Gasteiger partial charge in [0.05, 0.1) is 12.1 Å². The number of hydrogen-bond donors (Lipinski definition) is 2. The summed E-state index contributed by atoms with van der Waals surface area (Å²) in [4.78, 5) is 24.7. The van der Waals surface area contributed by atoms with Crippen LogP contribution in [-0.4, -0.2) is 68.8 Å². The molecular weight excluding hydrogens is 380 g/mol. The lowest BCUT2D eigenvalue weighted by molar-refractivity contribution is 0.0963. The highest BCUT2D eigenvalue weighted by Crippen LogP contribution is 2.22. The van der Waals surface area contributed by atoms with Crippen LogP contribution in [-0.2, 0) is 11.3 Å². The maximum atomic E-state index is 11.9. The summed E-state index contributed by atoms with van der Waals surface area (Å²) in [7, 11) is 5.77. The van der Waals surface area contributed by atoms with E-state index in [0.29, 0.717) is 26.2 Å². The van der Waals surface area contributed by atoms with Crippen LogP contribution in [0.4, 0.5) is 10.6 Å². The van der Waals surface area contributed by atoms with E-state index in [1.54, 1.807) is 11.9 Å². The number of nitrogens with one attached hydrogen (secondary N) is 2. The van der Waals surface area contributed by atoms with Crippen molar-refractivity contribution in [2.24, 2.45) is 4.99 Å². The van der Waals surface area contributed by atoms with Gasteiger partial charge < -0.3 is 25.2 Å². The molecule has 3 rings (SSSR count). The quantitative estimate of drug-likeness (QED) is 0.580. The number of amides is 1. The predicted molar refractivity (Wildman–Crippen MR) is 121 cm³/mol. The van der Waals surface area contributed by atoms with Crippen LogP contribution in [0.25, 0.3) is 10.9 Å². The number of hydrogen-bond acceptors (Lipinski definition) is 5. The van der Waals surface area contributed by atoms with Crippen molar-refractivity contribution in [2.75, 3.05) is 45.7 Å². The van der Waals surface area contributed by atoms with Crippen molar-refractivity contribution in [3.05, 3.63) is 35.9 Å². The van der Waals surface area contributed by atoms with Crippen LogP contribution in [0, 0.1) is 0 Å². The second kappa shape index (κ2) is 10.1. The van der Waals surface area contributed by atoms with Crippen LogP contribution in [0.5, 0.6) is 0 Å². The Labute approximate surface area is 178 Å². The molecular formula is C22H32N6O2. The summed E-state index contributed by atoms with van der Waals surface area (Å²) in [5.74, 6) is 1.69. The second-order valence-corrected chi connectivity index (χ2v) is 7.58. The number of guanidine groups is 1. The van der Waals surface area contributed by atoms with Gasteiger partial charge in [-0.25, -0.2) is 9.78 Å². The topological polar surface area (TPSA) is 82.1 Å². The van der Waals surface area contributed by atoms with Gasteiger partial charge in [0.25, 0.3) is 0 Å². The molecule has 1 fully saturated rings. The maximum absolute atomic E-state index is 11.9. The highest BCUT2D eigenvalue weighted by Gasteiger charge is 2.24. The molecule has 1 saturated heterocycles. The molecule has 2 aromatic rings. The second-order valence-electron chi connectivity index (χ2n) is 7.58. The SMILES string of the molecule is CCOC(=O)N1CCC(NC(=NC)NCc2cc(N(C)C)nc3ccccc23)CC1. The number of carbonyl (C=O) groups is 1. The van der Waals surface area contributed by atoms with E-state index < -0.39 is 0 Å². The number of pyridine rings is 1. The van der Waals surface area contributed by atoms with Crippen molar-refractivity contribution < 1.29 is 9.53 Å².